The molecule has 0 aromatic heterocycles. The van der Waals surface area contributed by atoms with E-state index in [-0.39, 0.29) is 0 Å². The third-order valence-corrected chi connectivity index (χ3v) is 3.36. The predicted octanol–water partition coefficient (Wildman–Crippen LogP) is 3.33. The summed E-state index contributed by atoms with van der Waals surface area (Å²) in [5, 5.41) is 0.734. The molecule has 1 saturated carbocycles. The molecule has 0 heterocycles. The van der Waals surface area contributed by atoms with E-state index >= 15 is 0 Å². The Balaban J connectivity index is 2.12. The molecule has 0 bridgehead atoms. The van der Waals surface area contributed by atoms with Crippen LogP contribution in [0.2, 0.25) is 5.02 Å². The molecule has 0 saturated heterocycles. The molecule has 1 aliphatic carbocycles. The van der Waals surface area contributed by atoms with E-state index in [1.54, 1.807) is 0 Å². The van der Waals surface area contributed by atoms with Crippen molar-refractivity contribution in [1.82, 2.24) is 0 Å². The molecule has 1 fully saturated rings. The maximum absolute atomic E-state index is 6.26. The Morgan fingerprint density at radius 1 is 1.41 bits per heavy atom. The third-order valence-electron chi connectivity index (χ3n) is 3.08. The molecule has 2 nitrogen and oxygen atoms in total. The molecule has 1 aliphatic rings. The van der Waals surface area contributed by atoms with Crippen LogP contribution in [0, 0.1) is 12.8 Å². The van der Waals surface area contributed by atoms with Crippen LogP contribution in [0.4, 0.5) is 0 Å². The van der Waals surface area contributed by atoms with Crippen molar-refractivity contribution in [3.8, 4) is 5.75 Å². The first-order valence-corrected chi connectivity index (χ1v) is 6.70. The minimum Gasteiger partial charge on any atom is -0.491 e. The summed E-state index contributed by atoms with van der Waals surface area (Å²) in [5.74, 6) is 1.62. The summed E-state index contributed by atoms with van der Waals surface area (Å²) < 4.78 is 5.87. The number of hydrogen-bond donors (Lipinski definition) is 1. The van der Waals surface area contributed by atoms with E-state index < -0.39 is 0 Å². The van der Waals surface area contributed by atoms with Crippen LogP contribution in [0.3, 0.4) is 0 Å². The Morgan fingerprint density at radius 3 is 2.82 bits per heavy atom. The summed E-state index contributed by atoms with van der Waals surface area (Å²) in [6, 6.07) is 4.12. The number of ether oxygens (including phenoxy) is 1. The van der Waals surface area contributed by atoms with Gasteiger partial charge in [0.25, 0.3) is 0 Å². The van der Waals surface area contributed by atoms with Gasteiger partial charge in [-0.3, -0.25) is 0 Å². The highest BCUT2D eigenvalue weighted by Crippen LogP contribution is 2.34. The molecule has 0 atom stereocenters. The molecule has 1 aromatic carbocycles. The summed E-state index contributed by atoms with van der Waals surface area (Å²) in [6.45, 7) is 3.56. The van der Waals surface area contributed by atoms with Crippen LogP contribution in [-0.4, -0.2) is 13.2 Å². The van der Waals surface area contributed by atoms with Gasteiger partial charge in [0.2, 0.25) is 0 Å². The third kappa shape index (κ3) is 3.62. The van der Waals surface area contributed by atoms with Gasteiger partial charge in [0, 0.05) is 0 Å². The van der Waals surface area contributed by atoms with E-state index in [9.17, 15) is 0 Å². The average molecular weight is 254 g/mol. The number of rotatable bonds is 6. The number of halogens is 1. The van der Waals surface area contributed by atoms with Crippen LogP contribution in [0.1, 0.15) is 30.4 Å². The lowest BCUT2D eigenvalue weighted by Crippen LogP contribution is -2.05. The zero-order chi connectivity index (χ0) is 12.3. The van der Waals surface area contributed by atoms with Gasteiger partial charge in [-0.1, -0.05) is 17.7 Å². The molecule has 3 heteroatoms. The van der Waals surface area contributed by atoms with Crippen LogP contribution in [0.25, 0.3) is 0 Å². The van der Waals surface area contributed by atoms with Crippen LogP contribution in [0.5, 0.6) is 5.75 Å². The lowest BCUT2D eigenvalue weighted by Gasteiger charge is -2.14. The van der Waals surface area contributed by atoms with Crippen molar-refractivity contribution in [2.75, 3.05) is 13.2 Å². The maximum Gasteiger partial charge on any atom is 0.141 e. The lowest BCUT2D eigenvalue weighted by molar-refractivity contribution is 0.297. The summed E-state index contributed by atoms with van der Waals surface area (Å²) in [5.41, 5.74) is 7.94. The van der Waals surface area contributed by atoms with Gasteiger partial charge in [-0.05, 0) is 62.3 Å². The molecule has 17 heavy (non-hydrogen) atoms. The van der Waals surface area contributed by atoms with Gasteiger partial charge in [0.15, 0.2) is 0 Å². The second kappa shape index (κ2) is 5.74. The van der Waals surface area contributed by atoms with Crippen molar-refractivity contribution in [2.24, 2.45) is 11.7 Å². The highest BCUT2D eigenvalue weighted by atomic mass is 35.5. The number of hydrogen-bond acceptors (Lipinski definition) is 2. The second-order valence-electron chi connectivity index (χ2n) is 4.88. The molecule has 0 radical (unpaired) electrons. The predicted molar refractivity (Wildman–Crippen MR) is 71.8 cm³/mol. The van der Waals surface area contributed by atoms with E-state index in [1.165, 1.54) is 24.0 Å². The van der Waals surface area contributed by atoms with E-state index in [0.29, 0.717) is 6.54 Å². The quantitative estimate of drug-likeness (QED) is 0.844. The first kappa shape index (κ1) is 12.7. The SMILES string of the molecule is Cc1cc(Cl)c(OCC2CC2)c(CCCN)c1. The standard InChI is InChI=1S/C14H20ClNO/c1-10-7-12(3-2-6-16)14(13(15)8-10)17-9-11-4-5-11/h7-8,11H,2-6,9,16H2,1H3. The molecule has 2 rings (SSSR count). The fraction of sp³-hybridized carbons (Fsp3) is 0.571. The van der Waals surface area contributed by atoms with E-state index in [1.807, 2.05) is 6.07 Å². The fourth-order valence-electron chi connectivity index (χ4n) is 1.93. The largest absolute Gasteiger partial charge is 0.491 e. The van der Waals surface area contributed by atoms with Gasteiger partial charge in [-0.15, -0.1) is 0 Å². The normalized spacial score (nSPS) is 15.0. The monoisotopic (exact) mass is 253 g/mol. The highest BCUT2D eigenvalue weighted by molar-refractivity contribution is 6.32. The molecule has 1 aromatic rings. The summed E-state index contributed by atoms with van der Waals surface area (Å²) >= 11 is 6.26. The molecule has 0 aliphatic heterocycles. The van der Waals surface area contributed by atoms with Crippen LogP contribution >= 0.6 is 11.6 Å². The highest BCUT2D eigenvalue weighted by Gasteiger charge is 2.23. The van der Waals surface area contributed by atoms with Crippen molar-refractivity contribution in [3.63, 3.8) is 0 Å². The molecular weight excluding hydrogens is 234 g/mol. The molecular formula is C14H20ClNO. The van der Waals surface area contributed by atoms with Crippen LogP contribution in [-0.2, 0) is 6.42 Å². The smallest absolute Gasteiger partial charge is 0.141 e. The Bertz CT molecular complexity index is 388. The zero-order valence-corrected chi connectivity index (χ0v) is 11.1. The van der Waals surface area contributed by atoms with Crippen molar-refractivity contribution in [3.05, 3.63) is 28.3 Å². The number of benzene rings is 1. The molecule has 2 N–H and O–H groups in total. The van der Waals surface area contributed by atoms with Crippen LogP contribution in [0.15, 0.2) is 12.1 Å². The van der Waals surface area contributed by atoms with Gasteiger partial charge in [-0.25, -0.2) is 0 Å². The minimum atomic E-state index is 0.702. The Labute approximate surface area is 108 Å². The van der Waals surface area contributed by atoms with E-state index in [2.05, 4.69) is 13.0 Å². The summed E-state index contributed by atoms with van der Waals surface area (Å²) in [4.78, 5) is 0. The number of aryl methyl sites for hydroxylation is 2. The molecule has 0 amide bonds. The Morgan fingerprint density at radius 2 is 2.18 bits per heavy atom. The van der Waals surface area contributed by atoms with Crippen molar-refractivity contribution in [1.29, 1.82) is 0 Å². The topological polar surface area (TPSA) is 35.2 Å². The van der Waals surface area contributed by atoms with Crippen LogP contribution < -0.4 is 10.5 Å². The molecule has 0 spiro atoms. The summed E-state index contributed by atoms with van der Waals surface area (Å²) in [7, 11) is 0. The average Bonchev–Trinajstić information content (AvgIpc) is 3.08. The lowest BCUT2D eigenvalue weighted by atomic mass is 10.1. The van der Waals surface area contributed by atoms with Gasteiger partial charge in [-0.2, -0.15) is 0 Å². The Kier molecular flexibility index (Phi) is 4.30. The minimum absolute atomic E-state index is 0.702. The van der Waals surface area contributed by atoms with E-state index in [0.717, 1.165) is 36.1 Å². The second-order valence-corrected chi connectivity index (χ2v) is 5.29. The van der Waals surface area contributed by atoms with E-state index in [4.69, 9.17) is 22.1 Å². The fourth-order valence-corrected chi connectivity index (χ4v) is 2.27. The zero-order valence-electron chi connectivity index (χ0n) is 10.3. The van der Waals surface area contributed by atoms with Gasteiger partial charge in [0.05, 0.1) is 11.6 Å². The van der Waals surface area contributed by atoms with Crippen molar-refractivity contribution < 1.29 is 4.74 Å². The number of nitrogens with two attached hydrogens (primary N) is 1. The first-order valence-electron chi connectivity index (χ1n) is 6.32. The van der Waals surface area contributed by atoms with Crippen molar-refractivity contribution in [2.45, 2.75) is 32.6 Å². The molecule has 0 unspecified atom stereocenters. The maximum atomic E-state index is 6.26. The Hall–Kier alpha value is -0.730. The summed E-state index contributed by atoms with van der Waals surface area (Å²) in [6.07, 6.45) is 4.50. The van der Waals surface area contributed by atoms with Gasteiger partial charge < -0.3 is 10.5 Å². The molecule has 94 valence electrons. The van der Waals surface area contributed by atoms with Gasteiger partial charge in [0.1, 0.15) is 5.75 Å². The van der Waals surface area contributed by atoms with Gasteiger partial charge >= 0.3 is 0 Å². The first-order chi connectivity index (χ1) is 8.20. The van der Waals surface area contributed by atoms with Crippen molar-refractivity contribution >= 4 is 11.6 Å².